The first kappa shape index (κ1) is 14.3. The average molecular weight is 233 g/mol. The Morgan fingerprint density at radius 1 is 1.40 bits per heavy atom. The van der Waals surface area contributed by atoms with Gasteiger partial charge in [-0.05, 0) is 20.8 Å². The number of rotatable bonds is 5. The second-order valence-electron chi connectivity index (χ2n) is 4.52. The summed E-state index contributed by atoms with van der Waals surface area (Å²) >= 11 is 1.36. The average Bonchev–Trinajstić information content (AvgIpc) is 1.96. The van der Waals surface area contributed by atoms with E-state index in [9.17, 15) is 9.59 Å². The molecule has 0 aliphatic rings. The predicted octanol–water partition coefficient (Wildman–Crippen LogP) is 1.50. The Labute approximate surface area is 94.8 Å². The summed E-state index contributed by atoms with van der Waals surface area (Å²) in [6.45, 7) is 7.55. The molecule has 0 fully saturated rings. The number of amides is 1. The van der Waals surface area contributed by atoms with Crippen LogP contribution >= 0.6 is 11.8 Å². The third-order valence-corrected chi connectivity index (χ3v) is 2.64. The maximum absolute atomic E-state index is 11.4. The molecular weight excluding hydrogens is 214 g/mol. The molecule has 0 rings (SSSR count). The molecule has 1 unspecified atom stereocenters. The quantitative estimate of drug-likeness (QED) is 0.755. The molecule has 0 aliphatic heterocycles. The minimum Gasteiger partial charge on any atom is -0.481 e. The van der Waals surface area contributed by atoms with Crippen molar-refractivity contribution in [2.45, 2.75) is 44.9 Å². The first-order valence-electron chi connectivity index (χ1n) is 4.85. The largest absolute Gasteiger partial charge is 0.481 e. The molecule has 15 heavy (non-hydrogen) atoms. The summed E-state index contributed by atoms with van der Waals surface area (Å²) < 4.78 is 0. The second kappa shape index (κ2) is 6.00. The van der Waals surface area contributed by atoms with E-state index >= 15 is 0 Å². The van der Waals surface area contributed by atoms with E-state index in [1.165, 1.54) is 11.8 Å². The van der Waals surface area contributed by atoms with Crippen molar-refractivity contribution in [2.75, 3.05) is 5.75 Å². The summed E-state index contributed by atoms with van der Waals surface area (Å²) in [6, 6.07) is 0. The summed E-state index contributed by atoms with van der Waals surface area (Å²) in [6.07, 6.45) is 0.0907. The molecule has 1 atom stereocenters. The van der Waals surface area contributed by atoms with E-state index in [1.807, 2.05) is 27.7 Å². The van der Waals surface area contributed by atoms with Gasteiger partial charge in [0.25, 0.3) is 0 Å². The van der Waals surface area contributed by atoms with Gasteiger partial charge in [0.15, 0.2) is 0 Å². The van der Waals surface area contributed by atoms with Crippen molar-refractivity contribution >= 4 is 23.6 Å². The third-order valence-electron chi connectivity index (χ3n) is 1.48. The van der Waals surface area contributed by atoms with Gasteiger partial charge in [0, 0.05) is 10.8 Å². The van der Waals surface area contributed by atoms with Crippen molar-refractivity contribution in [2.24, 2.45) is 0 Å². The molecule has 0 aromatic rings. The van der Waals surface area contributed by atoms with E-state index in [0.717, 1.165) is 0 Å². The molecule has 88 valence electrons. The molecule has 0 spiro atoms. The van der Waals surface area contributed by atoms with Crippen LogP contribution in [0.1, 0.15) is 34.1 Å². The molecule has 0 aliphatic carbocycles. The van der Waals surface area contributed by atoms with Crippen LogP contribution in [0.25, 0.3) is 0 Å². The molecule has 0 aromatic heterocycles. The summed E-state index contributed by atoms with van der Waals surface area (Å²) in [5.74, 6) is -0.568. The molecule has 0 bridgehead atoms. The zero-order valence-corrected chi connectivity index (χ0v) is 10.5. The SMILES string of the molecule is CC(CC(=O)O)SCC(=O)NC(C)(C)C. The fourth-order valence-corrected chi connectivity index (χ4v) is 1.75. The number of carbonyl (C=O) groups is 2. The van der Waals surface area contributed by atoms with Gasteiger partial charge in [0.1, 0.15) is 0 Å². The highest BCUT2D eigenvalue weighted by molar-refractivity contribution is 8.00. The molecule has 2 N–H and O–H groups in total. The van der Waals surface area contributed by atoms with Crippen LogP contribution in [0, 0.1) is 0 Å². The molecule has 0 radical (unpaired) electrons. The Bertz CT molecular complexity index is 235. The minimum atomic E-state index is -0.828. The van der Waals surface area contributed by atoms with E-state index in [1.54, 1.807) is 0 Å². The number of carboxylic acid groups (broad SMARTS) is 1. The topological polar surface area (TPSA) is 66.4 Å². The molecule has 0 aromatic carbocycles. The zero-order chi connectivity index (χ0) is 12.1. The van der Waals surface area contributed by atoms with E-state index in [2.05, 4.69) is 5.32 Å². The zero-order valence-electron chi connectivity index (χ0n) is 9.66. The Hall–Kier alpha value is -0.710. The second-order valence-corrected chi connectivity index (χ2v) is 5.94. The summed E-state index contributed by atoms with van der Waals surface area (Å²) in [5.41, 5.74) is -0.228. The molecule has 1 amide bonds. The van der Waals surface area contributed by atoms with E-state index in [0.29, 0.717) is 5.75 Å². The molecule has 5 heteroatoms. The van der Waals surface area contributed by atoms with Crippen LogP contribution in [0.3, 0.4) is 0 Å². The fourth-order valence-electron chi connectivity index (χ4n) is 0.977. The van der Waals surface area contributed by atoms with E-state index in [4.69, 9.17) is 5.11 Å². The number of thioether (sulfide) groups is 1. The van der Waals surface area contributed by atoms with Gasteiger partial charge in [0.2, 0.25) is 5.91 Å². The Morgan fingerprint density at radius 2 is 1.93 bits per heavy atom. The number of hydrogen-bond donors (Lipinski definition) is 2. The Balaban J connectivity index is 3.76. The standard InChI is InChI=1S/C10H19NO3S/c1-7(5-9(13)14)15-6-8(12)11-10(2,3)4/h7H,5-6H2,1-4H3,(H,11,12)(H,13,14). The van der Waals surface area contributed by atoms with Crippen molar-refractivity contribution in [3.05, 3.63) is 0 Å². The molecule has 0 heterocycles. The lowest BCUT2D eigenvalue weighted by Crippen LogP contribution is -2.41. The Morgan fingerprint density at radius 3 is 2.33 bits per heavy atom. The van der Waals surface area contributed by atoms with Gasteiger partial charge in [-0.15, -0.1) is 11.8 Å². The number of carbonyl (C=O) groups excluding carboxylic acids is 1. The van der Waals surface area contributed by atoms with Crippen molar-refractivity contribution in [3.63, 3.8) is 0 Å². The molecule has 4 nitrogen and oxygen atoms in total. The van der Waals surface area contributed by atoms with Gasteiger partial charge in [-0.3, -0.25) is 9.59 Å². The van der Waals surface area contributed by atoms with Crippen LogP contribution in [0.5, 0.6) is 0 Å². The highest BCUT2D eigenvalue weighted by Crippen LogP contribution is 2.13. The summed E-state index contributed by atoms with van der Waals surface area (Å²) in [7, 11) is 0. The maximum Gasteiger partial charge on any atom is 0.304 e. The van der Waals surface area contributed by atoms with Crippen LogP contribution in [0.15, 0.2) is 0 Å². The van der Waals surface area contributed by atoms with Gasteiger partial charge in [0.05, 0.1) is 12.2 Å². The van der Waals surface area contributed by atoms with Gasteiger partial charge in [-0.1, -0.05) is 6.92 Å². The molecule has 0 saturated heterocycles. The normalized spacial score (nSPS) is 13.3. The van der Waals surface area contributed by atoms with Crippen LogP contribution in [0.4, 0.5) is 0 Å². The van der Waals surface area contributed by atoms with E-state index in [-0.39, 0.29) is 23.1 Å². The maximum atomic E-state index is 11.4. The van der Waals surface area contributed by atoms with Crippen LogP contribution in [0.2, 0.25) is 0 Å². The van der Waals surface area contributed by atoms with E-state index < -0.39 is 5.97 Å². The number of hydrogen-bond acceptors (Lipinski definition) is 3. The summed E-state index contributed by atoms with van der Waals surface area (Å²) in [5, 5.41) is 11.3. The van der Waals surface area contributed by atoms with Crippen molar-refractivity contribution < 1.29 is 14.7 Å². The van der Waals surface area contributed by atoms with Crippen LogP contribution < -0.4 is 5.32 Å². The van der Waals surface area contributed by atoms with Crippen LogP contribution in [-0.4, -0.2) is 33.5 Å². The third kappa shape index (κ3) is 9.59. The number of carboxylic acids is 1. The molecule has 0 saturated carbocycles. The van der Waals surface area contributed by atoms with Crippen molar-refractivity contribution in [1.82, 2.24) is 5.32 Å². The lowest BCUT2D eigenvalue weighted by molar-refractivity contribution is -0.136. The monoisotopic (exact) mass is 233 g/mol. The van der Waals surface area contributed by atoms with Crippen molar-refractivity contribution in [3.8, 4) is 0 Å². The van der Waals surface area contributed by atoms with Gasteiger partial charge >= 0.3 is 5.97 Å². The first-order chi connectivity index (χ1) is 6.70. The number of nitrogens with one attached hydrogen (secondary N) is 1. The van der Waals surface area contributed by atoms with Gasteiger partial charge < -0.3 is 10.4 Å². The lowest BCUT2D eigenvalue weighted by Gasteiger charge is -2.20. The van der Waals surface area contributed by atoms with Gasteiger partial charge in [-0.2, -0.15) is 0 Å². The predicted molar refractivity (Wildman–Crippen MR) is 62.1 cm³/mol. The Kier molecular flexibility index (Phi) is 5.72. The van der Waals surface area contributed by atoms with Gasteiger partial charge in [-0.25, -0.2) is 0 Å². The van der Waals surface area contributed by atoms with Crippen LogP contribution in [-0.2, 0) is 9.59 Å². The molecular formula is C10H19NO3S. The van der Waals surface area contributed by atoms with Crippen molar-refractivity contribution in [1.29, 1.82) is 0 Å². The highest BCUT2D eigenvalue weighted by atomic mass is 32.2. The number of aliphatic carboxylic acids is 1. The lowest BCUT2D eigenvalue weighted by atomic mass is 10.1. The first-order valence-corrected chi connectivity index (χ1v) is 5.90. The summed E-state index contributed by atoms with van der Waals surface area (Å²) in [4.78, 5) is 21.7. The smallest absolute Gasteiger partial charge is 0.304 e. The fraction of sp³-hybridized carbons (Fsp3) is 0.800. The highest BCUT2D eigenvalue weighted by Gasteiger charge is 2.15. The minimum absolute atomic E-state index is 0.0341.